The number of carboxylic acid groups (broad SMARTS) is 1. The molecule has 0 aliphatic carbocycles. The molecule has 0 saturated carbocycles. The predicted molar refractivity (Wildman–Crippen MR) is 213 cm³/mol. The number of phenolic OH excluding ortho intramolecular Hbond substituents is 2. The quantitative estimate of drug-likeness (QED) is 0.0642. The molecule has 0 saturated heterocycles. The molecule has 0 bridgehead atoms. The van der Waals surface area contributed by atoms with E-state index in [1.54, 1.807) is 18.2 Å². The van der Waals surface area contributed by atoms with Crippen LogP contribution in [0, 0.1) is 11.3 Å². The Bertz CT molecular complexity index is 2420. The van der Waals surface area contributed by atoms with Crippen molar-refractivity contribution in [1.29, 1.82) is 5.26 Å². The molecule has 5 aromatic rings. The van der Waals surface area contributed by atoms with Gasteiger partial charge >= 0.3 is 5.97 Å². The summed E-state index contributed by atoms with van der Waals surface area (Å²) in [7, 11) is 1.23. The van der Waals surface area contributed by atoms with Crippen molar-refractivity contribution in [3.8, 4) is 23.3 Å². The number of carboxylic acids is 1. The van der Waals surface area contributed by atoms with Gasteiger partial charge in [-0.15, -0.1) is 0 Å². The number of aromatic hydroxyl groups is 2. The largest absolute Gasteiger partial charge is 0.508 e. The second-order valence-electron chi connectivity index (χ2n) is 12.3. The Morgan fingerprint density at radius 2 is 1.22 bits per heavy atom. The number of hydrogen-bond acceptors (Lipinski definition) is 10. The minimum atomic E-state index is -1.24. The zero-order valence-electron chi connectivity index (χ0n) is 30.5. The number of ether oxygens (including phenoxy) is 1. The molecule has 0 aliphatic rings. The minimum Gasteiger partial charge on any atom is -0.508 e. The van der Waals surface area contributed by atoms with E-state index in [9.17, 15) is 44.2 Å². The summed E-state index contributed by atoms with van der Waals surface area (Å²) in [5.74, 6) is -4.90. The summed E-state index contributed by atoms with van der Waals surface area (Å²) in [6.07, 6.45) is 2.53. The number of methoxy groups -OCH3 is 1. The molecule has 0 heterocycles. The molecule has 5 rings (SSSR count). The number of aromatic carboxylic acids is 1. The Morgan fingerprint density at radius 1 is 0.672 bits per heavy atom. The molecule has 0 aromatic heterocycles. The fourth-order valence-electron chi connectivity index (χ4n) is 5.27. The van der Waals surface area contributed by atoms with Gasteiger partial charge in [0, 0.05) is 34.3 Å². The van der Waals surface area contributed by atoms with Crippen LogP contribution >= 0.6 is 0 Å². The number of nitrogens with zero attached hydrogens (tertiary/aromatic N) is 1. The van der Waals surface area contributed by atoms with Crippen molar-refractivity contribution in [2.45, 2.75) is 12.5 Å². The van der Waals surface area contributed by atoms with E-state index in [2.05, 4.69) is 26.6 Å². The van der Waals surface area contributed by atoms with E-state index in [0.29, 0.717) is 11.3 Å². The first-order valence-corrected chi connectivity index (χ1v) is 17.2. The van der Waals surface area contributed by atoms with Crippen LogP contribution in [0.3, 0.4) is 0 Å². The highest BCUT2D eigenvalue weighted by molar-refractivity contribution is 6.10. The highest BCUT2D eigenvalue weighted by Gasteiger charge is 2.23. The van der Waals surface area contributed by atoms with Crippen LogP contribution in [0.1, 0.15) is 53.4 Å². The van der Waals surface area contributed by atoms with Gasteiger partial charge in [0.2, 0.25) is 11.8 Å². The fraction of sp³-hybridized carbons (Fsp3) is 0.0714. The lowest BCUT2D eigenvalue weighted by atomic mass is 10.1. The van der Waals surface area contributed by atoms with Gasteiger partial charge in [0.15, 0.2) is 11.5 Å². The van der Waals surface area contributed by atoms with Gasteiger partial charge in [-0.05, 0) is 109 Å². The summed E-state index contributed by atoms with van der Waals surface area (Å²) in [5, 5.41) is 51.5. The maximum absolute atomic E-state index is 13.1. The molecule has 0 fully saturated rings. The van der Waals surface area contributed by atoms with Crippen molar-refractivity contribution in [3.63, 3.8) is 0 Å². The van der Waals surface area contributed by atoms with E-state index in [0.717, 1.165) is 0 Å². The first kappa shape index (κ1) is 40.7. The van der Waals surface area contributed by atoms with Crippen molar-refractivity contribution in [2.75, 3.05) is 28.4 Å². The third-order valence-electron chi connectivity index (χ3n) is 8.28. The van der Waals surface area contributed by atoms with Gasteiger partial charge in [0.1, 0.15) is 11.8 Å². The van der Waals surface area contributed by atoms with Crippen LogP contribution in [-0.2, 0) is 9.59 Å². The summed E-state index contributed by atoms with van der Waals surface area (Å²) in [6, 6.07) is 26.4. The van der Waals surface area contributed by atoms with Gasteiger partial charge in [-0.1, -0.05) is 12.1 Å². The SMILES string of the molecule is COc1c(NC(=O)c2ccc(NC(=O)C(CC#N)NC(=O)c3ccc(NC(=O)/C=C/c4ccc(O)cc4)cc3)cc2)ccc(C(=O)Nc2ccc(C(=O)O)cc2)c1O. The lowest BCUT2D eigenvalue weighted by Crippen LogP contribution is -2.43. The van der Waals surface area contributed by atoms with E-state index < -0.39 is 47.3 Å². The smallest absolute Gasteiger partial charge is 0.335 e. The molecule has 0 spiro atoms. The molecule has 5 aromatic carbocycles. The molecule has 0 radical (unpaired) electrons. The van der Waals surface area contributed by atoms with E-state index >= 15 is 0 Å². The zero-order chi connectivity index (χ0) is 41.8. The number of nitriles is 1. The van der Waals surface area contributed by atoms with Crippen LogP contribution < -0.4 is 31.3 Å². The van der Waals surface area contributed by atoms with Crippen LogP contribution in [0.4, 0.5) is 22.7 Å². The molecule has 5 amide bonds. The van der Waals surface area contributed by atoms with Crippen molar-refractivity contribution in [3.05, 3.63) is 143 Å². The summed E-state index contributed by atoms with van der Waals surface area (Å²) in [5.41, 5.74) is 1.82. The van der Waals surface area contributed by atoms with Gasteiger partial charge < -0.3 is 46.6 Å². The van der Waals surface area contributed by atoms with Crippen LogP contribution in [0.15, 0.2) is 115 Å². The van der Waals surface area contributed by atoms with Gasteiger partial charge in [0.05, 0.1) is 36.4 Å². The number of rotatable bonds is 14. The molecule has 0 aliphatic heterocycles. The Hall–Kier alpha value is -8.45. The third-order valence-corrected chi connectivity index (χ3v) is 8.28. The van der Waals surface area contributed by atoms with Crippen molar-refractivity contribution in [2.24, 2.45) is 0 Å². The maximum Gasteiger partial charge on any atom is 0.335 e. The number of hydrogen-bond donors (Lipinski definition) is 8. The van der Waals surface area contributed by atoms with E-state index in [4.69, 9.17) is 9.84 Å². The molecule has 16 heteroatoms. The molecule has 58 heavy (non-hydrogen) atoms. The number of nitrogens with one attached hydrogen (secondary N) is 5. The Kier molecular flexibility index (Phi) is 13.2. The molecule has 8 N–H and O–H groups in total. The summed E-state index contributed by atoms with van der Waals surface area (Å²) >= 11 is 0. The normalized spacial score (nSPS) is 11.0. The van der Waals surface area contributed by atoms with Crippen LogP contribution in [0.25, 0.3) is 6.08 Å². The van der Waals surface area contributed by atoms with E-state index in [1.807, 2.05) is 6.07 Å². The number of anilines is 4. The van der Waals surface area contributed by atoms with Crippen LogP contribution in [0.5, 0.6) is 17.2 Å². The molecular weight excluding hydrogens is 748 g/mol. The van der Waals surface area contributed by atoms with Crippen molar-refractivity contribution < 1.29 is 48.8 Å². The van der Waals surface area contributed by atoms with Gasteiger partial charge in [-0.3, -0.25) is 24.0 Å². The highest BCUT2D eigenvalue weighted by atomic mass is 16.5. The minimum absolute atomic E-state index is 0.0243. The second kappa shape index (κ2) is 18.7. The van der Waals surface area contributed by atoms with Crippen LogP contribution in [0.2, 0.25) is 0 Å². The molecule has 1 unspecified atom stereocenters. The first-order chi connectivity index (χ1) is 27.8. The average Bonchev–Trinajstić information content (AvgIpc) is 3.21. The van der Waals surface area contributed by atoms with Gasteiger partial charge in [0.25, 0.3) is 17.7 Å². The topological polar surface area (TPSA) is 256 Å². The molecular formula is C42H34N6O10. The van der Waals surface area contributed by atoms with Crippen molar-refractivity contribution >= 4 is 64.3 Å². The first-order valence-electron chi connectivity index (χ1n) is 17.2. The summed E-state index contributed by atoms with van der Waals surface area (Å²) in [4.78, 5) is 75.4. The molecule has 16 nitrogen and oxygen atoms in total. The molecule has 1 atom stereocenters. The second-order valence-corrected chi connectivity index (χ2v) is 12.3. The number of carbonyl (C=O) groups is 6. The lowest BCUT2D eigenvalue weighted by molar-refractivity contribution is -0.118. The van der Waals surface area contributed by atoms with Crippen molar-refractivity contribution in [1.82, 2.24) is 5.32 Å². The standard InChI is InChI=1S/C42H34N6O10/c1-58-37-33(20-19-32(36(37)51)40(54)45-29-15-9-27(10-16-29)42(56)57)47-38(52)25-7-13-30(14-8-25)46-41(55)34(22-23-43)48-39(53)26-5-11-28(12-6-26)44-35(50)21-4-24-2-17-31(49)18-3-24/h2-21,34,49,51H,22H2,1H3,(H,44,50)(H,45,54)(H,46,55)(H,47,52)(H,48,53)(H,56,57)/b21-4+. The van der Waals surface area contributed by atoms with Gasteiger partial charge in [-0.2, -0.15) is 5.26 Å². The van der Waals surface area contributed by atoms with Gasteiger partial charge in [-0.25, -0.2) is 4.79 Å². The molecule has 292 valence electrons. The predicted octanol–water partition coefficient (Wildman–Crippen LogP) is 5.61. The Labute approximate surface area is 330 Å². The lowest BCUT2D eigenvalue weighted by Gasteiger charge is -2.17. The number of carbonyl (C=O) groups excluding carboxylic acids is 5. The summed E-state index contributed by atoms with van der Waals surface area (Å²) in [6.45, 7) is 0. The van der Waals surface area contributed by atoms with E-state index in [1.165, 1.54) is 110 Å². The zero-order valence-corrected chi connectivity index (χ0v) is 30.5. The summed E-state index contributed by atoms with van der Waals surface area (Å²) < 4.78 is 5.27. The fourth-order valence-corrected chi connectivity index (χ4v) is 5.27. The Balaban J connectivity index is 1.15. The van der Waals surface area contributed by atoms with Crippen LogP contribution in [-0.4, -0.2) is 64.0 Å². The Morgan fingerprint density at radius 3 is 1.79 bits per heavy atom. The van der Waals surface area contributed by atoms with E-state index in [-0.39, 0.29) is 57.2 Å². The number of phenols is 2. The number of amides is 5. The maximum atomic E-state index is 13.1. The monoisotopic (exact) mass is 782 g/mol. The number of benzene rings is 5. The third kappa shape index (κ3) is 10.6. The highest BCUT2D eigenvalue weighted by Crippen LogP contribution is 2.38. The average molecular weight is 783 g/mol.